The van der Waals surface area contributed by atoms with E-state index < -0.39 is 9.84 Å². The summed E-state index contributed by atoms with van der Waals surface area (Å²) < 4.78 is 22.2. The number of hydrogen-bond donors (Lipinski definition) is 1. The third-order valence-corrected chi connectivity index (χ3v) is 3.91. The zero-order valence-electron chi connectivity index (χ0n) is 9.48. The van der Waals surface area contributed by atoms with E-state index in [1.807, 2.05) is 0 Å². The van der Waals surface area contributed by atoms with Crippen LogP contribution in [0.4, 0.5) is 0 Å². The van der Waals surface area contributed by atoms with Crippen LogP contribution in [-0.4, -0.2) is 51.0 Å². The summed E-state index contributed by atoms with van der Waals surface area (Å²) in [7, 11) is -2.83. The van der Waals surface area contributed by atoms with E-state index in [-0.39, 0.29) is 5.75 Å². The minimum absolute atomic E-state index is 0.272. The monoisotopic (exact) mass is 234 g/mol. The molecule has 15 heavy (non-hydrogen) atoms. The second kappa shape index (κ2) is 5.82. The van der Waals surface area contributed by atoms with Crippen LogP contribution in [0.25, 0.3) is 0 Å². The van der Waals surface area contributed by atoms with Gasteiger partial charge in [0.1, 0.15) is 9.84 Å². The smallest absolute Gasteiger partial charge is 0.148 e. The maximum absolute atomic E-state index is 11.1. The van der Waals surface area contributed by atoms with Crippen molar-refractivity contribution in [1.29, 1.82) is 0 Å². The molecule has 0 radical (unpaired) electrons. The molecule has 0 unspecified atom stereocenters. The average molecular weight is 234 g/mol. The average Bonchev–Trinajstić information content (AvgIpc) is 2.05. The Morgan fingerprint density at radius 1 is 1.33 bits per heavy atom. The summed E-state index contributed by atoms with van der Waals surface area (Å²) in [6.45, 7) is 2.29. The minimum atomic E-state index is -2.83. The van der Waals surface area contributed by atoms with Gasteiger partial charge in [0.15, 0.2) is 0 Å². The lowest BCUT2D eigenvalue weighted by molar-refractivity contribution is 0.134. The zero-order chi connectivity index (χ0) is 11.3. The first-order valence-corrected chi connectivity index (χ1v) is 7.71. The molecule has 2 N–H and O–H groups in total. The van der Waals surface area contributed by atoms with E-state index in [0.29, 0.717) is 19.1 Å². The van der Waals surface area contributed by atoms with Gasteiger partial charge in [-0.1, -0.05) is 6.42 Å². The molecule has 1 fully saturated rings. The first-order valence-electron chi connectivity index (χ1n) is 5.65. The molecule has 1 aliphatic carbocycles. The van der Waals surface area contributed by atoms with E-state index >= 15 is 0 Å². The largest absolute Gasteiger partial charge is 0.330 e. The fourth-order valence-corrected chi connectivity index (χ4v) is 2.37. The minimum Gasteiger partial charge on any atom is -0.330 e. The Morgan fingerprint density at radius 3 is 2.40 bits per heavy atom. The Labute approximate surface area is 92.7 Å². The van der Waals surface area contributed by atoms with Crippen molar-refractivity contribution in [3.05, 3.63) is 0 Å². The molecule has 0 amide bonds. The van der Waals surface area contributed by atoms with Crippen LogP contribution in [0, 0.1) is 0 Å². The molecular formula is C10H22N2O2S. The molecule has 0 atom stereocenters. The van der Waals surface area contributed by atoms with Crippen LogP contribution in [0.3, 0.4) is 0 Å². The highest BCUT2D eigenvalue weighted by atomic mass is 32.2. The summed E-state index contributed by atoms with van der Waals surface area (Å²) in [4.78, 5) is 2.29. The maximum Gasteiger partial charge on any atom is 0.148 e. The molecule has 5 heteroatoms. The first kappa shape index (κ1) is 12.9. The van der Waals surface area contributed by atoms with Gasteiger partial charge >= 0.3 is 0 Å². The molecule has 1 rings (SSSR count). The van der Waals surface area contributed by atoms with Crippen LogP contribution < -0.4 is 5.73 Å². The molecule has 0 heterocycles. The van der Waals surface area contributed by atoms with Crippen LogP contribution in [0.5, 0.6) is 0 Å². The molecule has 0 aromatic rings. The van der Waals surface area contributed by atoms with Gasteiger partial charge in [0, 0.05) is 18.8 Å². The normalized spacial score (nSPS) is 18.1. The molecule has 0 aromatic carbocycles. The van der Waals surface area contributed by atoms with E-state index in [1.54, 1.807) is 0 Å². The summed E-state index contributed by atoms with van der Waals surface area (Å²) >= 11 is 0. The van der Waals surface area contributed by atoms with Gasteiger partial charge in [0.05, 0.1) is 5.75 Å². The van der Waals surface area contributed by atoms with Crippen molar-refractivity contribution in [3.8, 4) is 0 Å². The Balaban J connectivity index is 2.34. The molecule has 1 aliphatic rings. The Hall–Kier alpha value is -0.130. The number of nitrogens with two attached hydrogens (primary N) is 1. The Bertz CT molecular complexity index is 273. The lowest BCUT2D eigenvalue weighted by Crippen LogP contribution is -2.43. The lowest BCUT2D eigenvalue weighted by Gasteiger charge is -2.37. The fraction of sp³-hybridized carbons (Fsp3) is 1.00. The second-order valence-corrected chi connectivity index (χ2v) is 6.65. The maximum atomic E-state index is 11.1. The summed E-state index contributed by atoms with van der Waals surface area (Å²) in [5, 5.41) is 0. The van der Waals surface area contributed by atoms with Crippen molar-refractivity contribution in [2.24, 2.45) is 5.73 Å². The van der Waals surface area contributed by atoms with Crippen molar-refractivity contribution in [2.75, 3.05) is 31.6 Å². The zero-order valence-corrected chi connectivity index (χ0v) is 10.3. The van der Waals surface area contributed by atoms with Gasteiger partial charge in [-0.3, -0.25) is 4.90 Å². The van der Waals surface area contributed by atoms with E-state index in [4.69, 9.17) is 5.73 Å². The second-order valence-electron chi connectivity index (χ2n) is 4.39. The van der Waals surface area contributed by atoms with Crippen LogP contribution in [0.1, 0.15) is 25.7 Å². The van der Waals surface area contributed by atoms with Gasteiger partial charge in [0.25, 0.3) is 0 Å². The molecule has 90 valence electrons. The van der Waals surface area contributed by atoms with Gasteiger partial charge in [-0.25, -0.2) is 8.42 Å². The van der Waals surface area contributed by atoms with Crippen molar-refractivity contribution >= 4 is 9.84 Å². The van der Waals surface area contributed by atoms with Crippen molar-refractivity contribution in [3.63, 3.8) is 0 Å². The van der Waals surface area contributed by atoms with Gasteiger partial charge in [-0.2, -0.15) is 0 Å². The van der Waals surface area contributed by atoms with Crippen LogP contribution in [0.15, 0.2) is 0 Å². The standard InChI is InChI=1S/C10H22N2O2S/c1-15(13,14)9-8-12(7-3-6-11)10-4-2-5-10/h10H,2-9,11H2,1H3. The number of rotatable bonds is 7. The highest BCUT2D eigenvalue weighted by Crippen LogP contribution is 2.24. The predicted molar refractivity (Wildman–Crippen MR) is 62.6 cm³/mol. The molecule has 0 aromatic heterocycles. The van der Waals surface area contributed by atoms with Crippen LogP contribution >= 0.6 is 0 Å². The molecule has 0 saturated heterocycles. The molecular weight excluding hydrogens is 212 g/mol. The molecule has 0 bridgehead atoms. The van der Waals surface area contributed by atoms with E-state index in [2.05, 4.69) is 4.90 Å². The van der Waals surface area contributed by atoms with E-state index in [0.717, 1.165) is 13.0 Å². The predicted octanol–water partition coefficient (Wildman–Crippen LogP) is 0.234. The van der Waals surface area contributed by atoms with Gasteiger partial charge < -0.3 is 5.73 Å². The van der Waals surface area contributed by atoms with Gasteiger partial charge in [-0.05, 0) is 32.4 Å². The highest BCUT2D eigenvalue weighted by molar-refractivity contribution is 7.90. The quantitative estimate of drug-likeness (QED) is 0.685. The van der Waals surface area contributed by atoms with Crippen molar-refractivity contribution in [2.45, 2.75) is 31.7 Å². The third-order valence-electron chi connectivity index (χ3n) is 2.99. The van der Waals surface area contributed by atoms with Crippen LogP contribution in [-0.2, 0) is 9.84 Å². The molecule has 4 nitrogen and oxygen atoms in total. The summed E-state index contributed by atoms with van der Waals surface area (Å²) in [5.74, 6) is 0.272. The highest BCUT2D eigenvalue weighted by Gasteiger charge is 2.24. The number of nitrogens with zero attached hydrogens (tertiary/aromatic N) is 1. The van der Waals surface area contributed by atoms with Crippen molar-refractivity contribution < 1.29 is 8.42 Å². The number of hydrogen-bond acceptors (Lipinski definition) is 4. The summed E-state index contributed by atoms with van der Waals surface area (Å²) in [6.07, 6.45) is 5.97. The fourth-order valence-electron chi connectivity index (χ4n) is 1.81. The number of sulfone groups is 1. The molecule has 0 aliphatic heterocycles. The van der Waals surface area contributed by atoms with Crippen LogP contribution in [0.2, 0.25) is 0 Å². The first-order chi connectivity index (χ1) is 7.03. The van der Waals surface area contributed by atoms with Gasteiger partial charge in [0.2, 0.25) is 0 Å². The molecule has 0 spiro atoms. The van der Waals surface area contributed by atoms with Crippen molar-refractivity contribution in [1.82, 2.24) is 4.90 Å². The topological polar surface area (TPSA) is 63.4 Å². The SMILES string of the molecule is CS(=O)(=O)CCN(CCCN)C1CCC1. The van der Waals surface area contributed by atoms with Gasteiger partial charge in [-0.15, -0.1) is 0 Å². The van der Waals surface area contributed by atoms with E-state index in [9.17, 15) is 8.42 Å². The summed E-state index contributed by atoms with van der Waals surface area (Å²) in [5.41, 5.74) is 5.47. The Kier molecular flexibility index (Phi) is 5.02. The molecule has 1 saturated carbocycles. The summed E-state index contributed by atoms with van der Waals surface area (Å²) in [6, 6.07) is 0.610. The Morgan fingerprint density at radius 2 is 2.00 bits per heavy atom. The van der Waals surface area contributed by atoms with E-state index in [1.165, 1.54) is 25.5 Å². The third kappa shape index (κ3) is 4.95. The lowest BCUT2D eigenvalue weighted by atomic mass is 9.91.